The molecule has 1 rings (SSSR count). The number of benzene rings is 1. The molecule has 0 aliphatic heterocycles. The van der Waals surface area contributed by atoms with E-state index < -0.39 is 8.07 Å². The van der Waals surface area contributed by atoms with Gasteiger partial charge in [-0.05, 0) is 11.1 Å². The van der Waals surface area contributed by atoms with Crippen LogP contribution >= 0.6 is 0 Å². The Hall–Kier alpha value is -1.08. The van der Waals surface area contributed by atoms with Gasteiger partial charge in [0.15, 0.2) is 0 Å². The third-order valence-corrected chi connectivity index (χ3v) is 3.09. The second kappa shape index (κ2) is 4.42. The number of allylic oxidation sites excluding steroid dienone is 2. The third-order valence-electron chi connectivity index (χ3n) is 1.92. The molecule has 0 fully saturated rings. The zero-order chi connectivity index (χ0) is 10.6. The van der Waals surface area contributed by atoms with Crippen LogP contribution in [0.15, 0.2) is 48.7 Å². The molecule has 0 heterocycles. The summed E-state index contributed by atoms with van der Waals surface area (Å²) < 4.78 is 0. The maximum atomic E-state index is 3.88. The molecule has 0 aromatic heterocycles. The number of hydrogen-bond donors (Lipinski definition) is 0. The molecule has 0 saturated carbocycles. The van der Waals surface area contributed by atoms with Gasteiger partial charge < -0.3 is 0 Å². The summed E-state index contributed by atoms with van der Waals surface area (Å²) >= 11 is 0. The van der Waals surface area contributed by atoms with Gasteiger partial charge in [0.2, 0.25) is 0 Å². The Labute approximate surface area is 88.0 Å². The normalized spacial score (nSPS) is 12.6. The summed E-state index contributed by atoms with van der Waals surface area (Å²) in [5.41, 5.74) is 4.92. The molecule has 0 saturated heterocycles. The molecule has 0 bridgehead atoms. The third kappa shape index (κ3) is 3.34. The minimum atomic E-state index is -1.16. The van der Waals surface area contributed by atoms with Crippen molar-refractivity contribution < 1.29 is 0 Å². The van der Waals surface area contributed by atoms with E-state index in [0.717, 1.165) is 0 Å². The molecule has 0 radical (unpaired) electrons. The Kier molecular flexibility index (Phi) is 3.47. The summed E-state index contributed by atoms with van der Waals surface area (Å²) in [5, 5.41) is 0. The molecule has 14 heavy (non-hydrogen) atoms. The van der Waals surface area contributed by atoms with Crippen LogP contribution in [0.3, 0.4) is 0 Å². The monoisotopic (exact) mass is 202 g/mol. The fourth-order valence-corrected chi connectivity index (χ4v) is 2.57. The lowest BCUT2D eigenvalue weighted by Gasteiger charge is -2.12. The fraction of sp³-hybridized carbons (Fsp3) is 0.231. The van der Waals surface area contributed by atoms with E-state index in [-0.39, 0.29) is 0 Å². The first kappa shape index (κ1) is 11.0. The van der Waals surface area contributed by atoms with Gasteiger partial charge in [0.05, 0.1) is 8.07 Å². The van der Waals surface area contributed by atoms with Crippen molar-refractivity contribution >= 4 is 13.6 Å². The maximum absolute atomic E-state index is 3.88. The Balaban J connectivity index is 3.06. The Morgan fingerprint density at radius 1 is 1.14 bits per heavy atom. The van der Waals surface area contributed by atoms with Crippen LogP contribution in [0.1, 0.15) is 5.56 Å². The molecule has 1 aromatic rings. The topological polar surface area (TPSA) is 0 Å². The van der Waals surface area contributed by atoms with Gasteiger partial charge in [0.1, 0.15) is 0 Å². The van der Waals surface area contributed by atoms with Crippen LogP contribution in [-0.2, 0) is 0 Å². The standard InChI is InChI=1S/C13H18Si/c1-5-12(11-14(2,3)4)13-9-7-6-8-10-13/h5-11H,1H2,2-4H3/b12-11+. The van der Waals surface area contributed by atoms with Crippen LogP contribution < -0.4 is 0 Å². The van der Waals surface area contributed by atoms with Crippen molar-refractivity contribution in [2.24, 2.45) is 0 Å². The quantitative estimate of drug-likeness (QED) is 0.510. The van der Waals surface area contributed by atoms with Crippen molar-refractivity contribution in [3.05, 3.63) is 54.2 Å². The number of rotatable bonds is 3. The summed E-state index contributed by atoms with van der Waals surface area (Å²) in [4.78, 5) is 0. The van der Waals surface area contributed by atoms with Crippen LogP contribution in [0.2, 0.25) is 19.6 Å². The van der Waals surface area contributed by atoms with Gasteiger partial charge in [-0.3, -0.25) is 0 Å². The van der Waals surface area contributed by atoms with Crippen LogP contribution in [0.4, 0.5) is 0 Å². The molecule has 0 unspecified atom stereocenters. The van der Waals surface area contributed by atoms with Crippen molar-refractivity contribution in [3.63, 3.8) is 0 Å². The molecule has 0 nitrogen and oxygen atoms in total. The van der Waals surface area contributed by atoms with Gasteiger partial charge in [0, 0.05) is 0 Å². The van der Waals surface area contributed by atoms with Gasteiger partial charge in [-0.25, -0.2) is 0 Å². The predicted molar refractivity (Wildman–Crippen MR) is 68.0 cm³/mol. The van der Waals surface area contributed by atoms with Gasteiger partial charge in [-0.2, -0.15) is 0 Å². The summed E-state index contributed by atoms with van der Waals surface area (Å²) in [5.74, 6) is 0. The molecule has 0 spiro atoms. The van der Waals surface area contributed by atoms with E-state index in [0.29, 0.717) is 0 Å². The zero-order valence-electron chi connectivity index (χ0n) is 9.25. The largest absolute Gasteiger partial charge is 0.0985 e. The number of hydrogen-bond acceptors (Lipinski definition) is 0. The molecular weight excluding hydrogens is 184 g/mol. The first-order valence-corrected chi connectivity index (χ1v) is 8.51. The van der Waals surface area contributed by atoms with Crippen molar-refractivity contribution in [2.75, 3.05) is 0 Å². The predicted octanol–water partition coefficient (Wildman–Crippen LogP) is 4.13. The molecule has 0 atom stereocenters. The van der Waals surface area contributed by atoms with Crippen molar-refractivity contribution in [3.8, 4) is 0 Å². The molecule has 74 valence electrons. The minimum Gasteiger partial charge on any atom is -0.0985 e. The van der Waals surface area contributed by atoms with Gasteiger partial charge >= 0.3 is 0 Å². The smallest absolute Gasteiger partial charge is 0.0695 e. The second-order valence-corrected chi connectivity index (χ2v) is 9.56. The molecule has 0 N–H and O–H groups in total. The lowest BCUT2D eigenvalue weighted by atomic mass is 10.1. The average Bonchev–Trinajstić information content (AvgIpc) is 2.14. The summed E-state index contributed by atoms with van der Waals surface area (Å²) in [7, 11) is -1.16. The molecule has 1 heteroatoms. The average molecular weight is 202 g/mol. The fourth-order valence-electron chi connectivity index (χ4n) is 1.36. The Bertz CT molecular complexity index is 328. The van der Waals surface area contributed by atoms with E-state index in [9.17, 15) is 0 Å². The minimum absolute atomic E-state index is 1.16. The van der Waals surface area contributed by atoms with Crippen LogP contribution in [0, 0.1) is 0 Å². The lowest BCUT2D eigenvalue weighted by molar-refractivity contribution is 1.62. The summed E-state index contributed by atoms with van der Waals surface area (Å²) in [6.45, 7) is 10.9. The Morgan fingerprint density at radius 3 is 2.14 bits per heavy atom. The summed E-state index contributed by atoms with van der Waals surface area (Å²) in [6.07, 6.45) is 1.95. The van der Waals surface area contributed by atoms with E-state index in [1.165, 1.54) is 11.1 Å². The van der Waals surface area contributed by atoms with Crippen LogP contribution in [-0.4, -0.2) is 8.07 Å². The molecule has 0 aliphatic rings. The van der Waals surface area contributed by atoms with Gasteiger partial charge in [-0.15, -0.1) is 0 Å². The maximum Gasteiger partial charge on any atom is 0.0695 e. The molecule has 0 aliphatic carbocycles. The second-order valence-electron chi connectivity index (χ2n) is 4.54. The lowest BCUT2D eigenvalue weighted by Crippen LogP contribution is -2.16. The van der Waals surface area contributed by atoms with E-state index in [4.69, 9.17) is 0 Å². The highest BCUT2D eigenvalue weighted by Gasteiger charge is 2.10. The van der Waals surface area contributed by atoms with Crippen molar-refractivity contribution in [1.29, 1.82) is 0 Å². The first-order chi connectivity index (χ1) is 6.53. The molecule has 1 aromatic carbocycles. The van der Waals surface area contributed by atoms with E-state index in [1.807, 2.05) is 12.1 Å². The highest BCUT2D eigenvalue weighted by molar-refractivity contribution is 6.81. The van der Waals surface area contributed by atoms with Crippen LogP contribution in [0.25, 0.3) is 5.57 Å². The van der Waals surface area contributed by atoms with Crippen molar-refractivity contribution in [1.82, 2.24) is 0 Å². The Morgan fingerprint density at radius 2 is 1.71 bits per heavy atom. The first-order valence-electron chi connectivity index (χ1n) is 4.93. The highest BCUT2D eigenvalue weighted by Crippen LogP contribution is 2.18. The van der Waals surface area contributed by atoms with Gasteiger partial charge in [0.25, 0.3) is 0 Å². The van der Waals surface area contributed by atoms with Crippen molar-refractivity contribution in [2.45, 2.75) is 19.6 Å². The molecule has 0 amide bonds. The highest BCUT2D eigenvalue weighted by atomic mass is 28.3. The van der Waals surface area contributed by atoms with Crippen LogP contribution in [0.5, 0.6) is 0 Å². The zero-order valence-corrected chi connectivity index (χ0v) is 10.2. The molecular formula is C13H18Si. The SMILES string of the molecule is C=C/C(=C\[Si](C)(C)C)c1ccccc1. The van der Waals surface area contributed by atoms with E-state index in [1.54, 1.807) is 0 Å². The summed E-state index contributed by atoms with van der Waals surface area (Å²) in [6, 6.07) is 10.4. The van der Waals surface area contributed by atoms with E-state index >= 15 is 0 Å². The van der Waals surface area contributed by atoms with Gasteiger partial charge in [-0.1, -0.05) is 68.3 Å². The van der Waals surface area contributed by atoms with E-state index in [2.05, 4.69) is 56.2 Å².